The maximum atomic E-state index is 13.0. The van der Waals surface area contributed by atoms with Crippen molar-refractivity contribution in [3.05, 3.63) is 41.2 Å². The van der Waals surface area contributed by atoms with Crippen LogP contribution in [-0.2, 0) is 6.61 Å². The number of halogens is 4. The molecular formula is C13H13F4NO. The standard InChI is InChI=1S/C13H13F4NO/c14-11-1-2-12(9(7-11)8-19)18-5-3-10(4-6-18)13(15,16)17/h1-3,7,19H,4-6,8H2. The number of aliphatic hydroxyl groups excluding tert-OH is 1. The summed E-state index contributed by atoms with van der Waals surface area (Å²) in [6.45, 7) is -0.0448. The molecule has 19 heavy (non-hydrogen) atoms. The molecule has 0 unspecified atom stereocenters. The van der Waals surface area contributed by atoms with E-state index in [1.807, 2.05) is 0 Å². The highest BCUT2D eigenvalue weighted by Gasteiger charge is 2.34. The summed E-state index contributed by atoms with van der Waals surface area (Å²) in [7, 11) is 0. The Bertz CT molecular complexity index is 496. The molecule has 0 bridgehead atoms. The van der Waals surface area contributed by atoms with Gasteiger partial charge in [0.15, 0.2) is 0 Å². The third kappa shape index (κ3) is 3.07. The summed E-state index contributed by atoms with van der Waals surface area (Å²) in [5, 5.41) is 9.17. The molecule has 0 fully saturated rings. The predicted molar refractivity (Wildman–Crippen MR) is 63.3 cm³/mol. The van der Waals surface area contributed by atoms with E-state index in [1.165, 1.54) is 18.2 Å². The van der Waals surface area contributed by atoms with Crippen LogP contribution in [0.5, 0.6) is 0 Å². The fourth-order valence-electron chi connectivity index (χ4n) is 2.13. The summed E-state index contributed by atoms with van der Waals surface area (Å²) in [5.74, 6) is -0.476. The molecule has 0 amide bonds. The van der Waals surface area contributed by atoms with Gasteiger partial charge in [-0.25, -0.2) is 4.39 Å². The number of aliphatic hydroxyl groups is 1. The summed E-state index contributed by atoms with van der Waals surface area (Å²) in [6.07, 6.45) is -3.26. The SMILES string of the molecule is OCc1cc(F)ccc1N1CC=C(C(F)(F)F)CC1. The van der Waals surface area contributed by atoms with Gasteiger partial charge in [-0.2, -0.15) is 13.2 Å². The molecule has 1 aliphatic rings. The molecule has 0 aliphatic carbocycles. The second-order valence-corrected chi connectivity index (χ2v) is 4.35. The van der Waals surface area contributed by atoms with Gasteiger partial charge in [0.05, 0.1) is 6.61 Å². The van der Waals surface area contributed by atoms with E-state index >= 15 is 0 Å². The van der Waals surface area contributed by atoms with Crippen molar-refractivity contribution in [3.63, 3.8) is 0 Å². The predicted octanol–water partition coefficient (Wildman–Crippen LogP) is 3.02. The zero-order chi connectivity index (χ0) is 14.0. The highest BCUT2D eigenvalue weighted by molar-refractivity contribution is 5.55. The van der Waals surface area contributed by atoms with Gasteiger partial charge in [-0.1, -0.05) is 6.08 Å². The molecule has 104 valence electrons. The van der Waals surface area contributed by atoms with Crippen LogP contribution >= 0.6 is 0 Å². The second-order valence-electron chi connectivity index (χ2n) is 4.35. The van der Waals surface area contributed by atoms with E-state index in [0.717, 1.165) is 6.08 Å². The number of benzene rings is 1. The van der Waals surface area contributed by atoms with Crippen LogP contribution in [0.2, 0.25) is 0 Å². The van der Waals surface area contributed by atoms with Gasteiger partial charge in [0.2, 0.25) is 0 Å². The van der Waals surface area contributed by atoms with Crippen molar-refractivity contribution >= 4 is 5.69 Å². The molecule has 0 atom stereocenters. The maximum absolute atomic E-state index is 13.0. The smallest absolute Gasteiger partial charge is 0.392 e. The number of hydrogen-bond donors (Lipinski definition) is 1. The van der Waals surface area contributed by atoms with Crippen molar-refractivity contribution in [2.45, 2.75) is 19.2 Å². The minimum absolute atomic E-state index is 0.105. The van der Waals surface area contributed by atoms with Crippen LogP contribution in [0.3, 0.4) is 0 Å². The highest BCUT2D eigenvalue weighted by atomic mass is 19.4. The number of nitrogens with zero attached hydrogens (tertiary/aromatic N) is 1. The molecule has 0 spiro atoms. The van der Waals surface area contributed by atoms with Crippen LogP contribution in [0, 0.1) is 5.82 Å². The van der Waals surface area contributed by atoms with Gasteiger partial charge < -0.3 is 10.0 Å². The molecule has 0 saturated heterocycles. The van der Waals surface area contributed by atoms with Gasteiger partial charge in [-0.3, -0.25) is 0 Å². The zero-order valence-corrected chi connectivity index (χ0v) is 10.0. The monoisotopic (exact) mass is 275 g/mol. The summed E-state index contributed by atoms with van der Waals surface area (Å²) >= 11 is 0. The van der Waals surface area contributed by atoms with Crippen molar-refractivity contribution in [1.82, 2.24) is 0 Å². The summed E-state index contributed by atoms with van der Waals surface area (Å²) in [4.78, 5) is 1.69. The van der Waals surface area contributed by atoms with Gasteiger partial charge in [-0.15, -0.1) is 0 Å². The average molecular weight is 275 g/mol. The fraction of sp³-hybridized carbons (Fsp3) is 0.385. The third-order valence-corrected chi connectivity index (χ3v) is 3.13. The molecule has 2 rings (SSSR count). The Morgan fingerprint density at radius 2 is 2.00 bits per heavy atom. The molecule has 1 aliphatic heterocycles. The van der Waals surface area contributed by atoms with Crippen LogP contribution in [0.15, 0.2) is 29.8 Å². The lowest BCUT2D eigenvalue weighted by Gasteiger charge is -2.30. The van der Waals surface area contributed by atoms with E-state index < -0.39 is 17.6 Å². The van der Waals surface area contributed by atoms with E-state index in [4.69, 9.17) is 5.11 Å². The van der Waals surface area contributed by atoms with Crippen molar-refractivity contribution in [2.24, 2.45) is 0 Å². The van der Waals surface area contributed by atoms with Gasteiger partial charge in [0.1, 0.15) is 5.82 Å². The van der Waals surface area contributed by atoms with Crippen molar-refractivity contribution < 1.29 is 22.7 Å². The second kappa shape index (κ2) is 5.21. The molecular weight excluding hydrogens is 262 g/mol. The van der Waals surface area contributed by atoms with E-state index in [1.54, 1.807) is 4.90 Å². The molecule has 1 aromatic rings. The van der Waals surface area contributed by atoms with Crippen molar-refractivity contribution in [1.29, 1.82) is 0 Å². The molecule has 1 heterocycles. The number of rotatable bonds is 2. The van der Waals surface area contributed by atoms with Crippen molar-refractivity contribution in [2.75, 3.05) is 18.0 Å². The largest absolute Gasteiger partial charge is 0.412 e. The van der Waals surface area contributed by atoms with Gasteiger partial charge >= 0.3 is 6.18 Å². The molecule has 1 N–H and O–H groups in total. The van der Waals surface area contributed by atoms with Gasteiger partial charge in [-0.05, 0) is 24.6 Å². The average Bonchev–Trinajstić information content (AvgIpc) is 2.37. The Hall–Kier alpha value is -1.56. The first-order valence-electron chi connectivity index (χ1n) is 5.82. The Morgan fingerprint density at radius 3 is 2.53 bits per heavy atom. The lowest BCUT2D eigenvalue weighted by atomic mass is 10.1. The molecule has 0 saturated carbocycles. The third-order valence-electron chi connectivity index (χ3n) is 3.13. The topological polar surface area (TPSA) is 23.5 Å². The fourth-order valence-corrected chi connectivity index (χ4v) is 2.13. The van der Waals surface area contributed by atoms with Gasteiger partial charge in [0, 0.05) is 29.9 Å². The first-order chi connectivity index (χ1) is 8.91. The van der Waals surface area contributed by atoms with Crippen LogP contribution in [0.4, 0.5) is 23.2 Å². The lowest BCUT2D eigenvalue weighted by molar-refractivity contribution is -0.0944. The first kappa shape index (κ1) is 13.9. The van der Waals surface area contributed by atoms with Crippen LogP contribution in [0.25, 0.3) is 0 Å². The summed E-state index contributed by atoms with van der Waals surface area (Å²) < 4.78 is 50.5. The maximum Gasteiger partial charge on any atom is 0.412 e. The van der Waals surface area contributed by atoms with Crippen LogP contribution < -0.4 is 4.90 Å². The quantitative estimate of drug-likeness (QED) is 0.662. The molecule has 2 nitrogen and oxygen atoms in total. The first-order valence-corrected chi connectivity index (χ1v) is 5.82. The molecule has 0 aromatic heterocycles. The molecule has 6 heteroatoms. The Labute approximate surface area is 108 Å². The van der Waals surface area contributed by atoms with Crippen LogP contribution in [-0.4, -0.2) is 24.4 Å². The van der Waals surface area contributed by atoms with Crippen LogP contribution in [0.1, 0.15) is 12.0 Å². The Kier molecular flexibility index (Phi) is 3.80. The van der Waals surface area contributed by atoms with E-state index in [2.05, 4.69) is 0 Å². The van der Waals surface area contributed by atoms with E-state index in [0.29, 0.717) is 11.3 Å². The highest BCUT2D eigenvalue weighted by Crippen LogP contribution is 2.32. The summed E-state index contributed by atoms with van der Waals surface area (Å²) in [5.41, 5.74) is 0.418. The minimum Gasteiger partial charge on any atom is -0.392 e. The zero-order valence-electron chi connectivity index (χ0n) is 10.0. The van der Waals surface area contributed by atoms with E-state index in [9.17, 15) is 17.6 Å². The number of alkyl halides is 3. The van der Waals surface area contributed by atoms with Gasteiger partial charge in [0.25, 0.3) is 0 Å². The van der Waals surface area contributed by atoms with Crippen molar-refractivity contribution in [3.8, 4) is 0 Å². The lowest BCUT2D eigenvalue weighted by Crippen LogP contribution is -2.32. The van der Waals surface area contributed by atoms with E-state index in [-0.39, 0.29) is 26.1 Å². The normalized spacial score (nSPS) is 16.5. The summed E-state index contributed by atoms with van der Waals surface area (Å²) in [6, 6.07) is 3.91. The minimum atomic E-state index is -4.28. The Balaban J connectivity index is 2.20. The molecule has 1 aromatic carbocycles. The Morgan fingerprint density at radius 1 is 1.26 bits per heavy atom. The molecule has 0 radical (unpaired) electrons. The number of hydrogen-bond acceptors (Lipinski definition) is 2. The number of anilines is 1.